The summed E-state index contributed by atoms with van der Waals surface area (Å²) in [5.74, 6) is -2.83. The van der Waals surface area contributed by atoms with Crippen LogP contribution < -0.4 is 4.72 Å². The number of fused-ring (bicyclic) bond motifs is 1. The van der Waals surface area contributed by atoms with E-state index in [2.05, 4.69) is 14.7 Å². The number of sulfonamides is 1. The molecule has 170 valence electrons. The zero-order chi connectivity index (χ0) is 23.9. The quantitative estimate of drug-likeness (QED) is 0.329. The number of ketones is 1. The summed E-state index contributed by atoms with van der Waals surface area (Å²) in [7, 11) is -4.24. The number of nitrogens with one attached hydrogen (secondary N) is 2. The summed E-state index contributed by atoms with van der Waals surface area (Å²) in [6, 6.07) is 14.1. The van der Waals surface area contributed by atoms with Gasteiger partial charge in [0.1, 0.15) is 17.2 Å². The Hall–Kier alpha value is -4.31. The average molecular weight is 479 g/mol. The number of nitrogens with zero attached hydrogens (tertiary/aromatic N) is 1. The van der Waals surface area contributed by atoms with Crippen LogP contribution in [0, 0.1) is 11.6 Å². The number of carbonyl (C=O) groups is 1. The number of aromatic amines is 1. The third kappa shape index (κ3) is 3.73. The van der Waals surface area contributed by atoms with E-state index in [1.807, 2.05) is 0 Å². The Labute approximate surface area is 192 Å². The largest absolute Gasteiger partial charge is 0.464 e. The number of furan rings is 1. The molecule has 0 atom stereocenters. The third-order valence-corrected chi connectivity index (χ3v) is 6.61. The predicted molar refractivity (Wildman–Crippen MR) is 121 cm³/mol. The Kier molecular flexibility index (Phi) is 5.21. The maximum absolute atomic E-state index is 15.2. The van der Waals surface area contributed by atoms with Crippen LogP contribution in [0.2, 0.25) is 0 Å². The number of pyridine rings is 1. The average Bonchev–Trinajstić information content (AvgIpc) is 3.51. The van der Waals surface area contributed by atoms with Gasteiger partial charge in [-0.15, -0.1) is 0 Å². The standard InChI is InChI=1S/C24H15F2N3O4S/c25-18-9-10-19(22(26)21(18)23(30)17-13-28-24-16(17)3-1-11-27-24)29-34(31,32)15-7-5-14(6-8-15)20-4-2-12-33-20/h1-13,29H,(H,27,28). The molecule has 0 saturated carbocycles. The molecule has 2 aromatic carbocycles. The summed E-state index contributed by atoms with van der Waals surface area (Å²) >= 11 is 0. The van der Waals surface area contributed by atoms with Gasteiger partial charge >= 0.3 is 0 Å². The second-order valence-electron chi connectivity index (χ2n) is 7.32. The highest BCUT2D eigenvalue weighted by atomic mass is 32.2. The van der Waals surface area contributed by atoms with E-state index >= 15 is 4.39 Å². The van der Waals surface area contributed by atoms with E-state index in [0.29, 0.717) is 22.4 Å². The Morgan fingerprint density at radius 2 is 1.79 bits per heavy atom. The molecule has 34 heavy (non-hydrogen) atoms. The van der Waals surface area contributed by atoms with Crippen LogP contribution in [0.4, 0.5) is 14.5 Å². The van der Waals surface area contributed by atoms with Gasteiger partial charge in [0, 0.05) is 28.9 Å². The number of carbonyl (C=O) groups excluding carboxylic acids is 1. The van der Waals surface area contributed by atoms with Crippen LogP contribution >= 0.6 is 0 Å². The van der Waals surface area contributed by atoms with E-state index in [9.17, 15) is 17.6 Å². The maximum Gasteiger partial charge on any atom is 0.261 e. The van der Waals surface area contributed by atoms with Crippen molar-refractivity contribution < 1.29 is 26.4 Å². The molecule has 0 amide bonds. The Balaban J connectivity index is 1.48. The number of rotatable bonds is 6. The van der Waals surface area contributed by atoms with Crippen molar-refractivity contribution in [2.24, 2.45) is 0 Å². The van der Waals surface area contributed by atoms with Crippen molar-refractivity contribution in [1.29, 1.82) is 0 Å². The van der Waals surface area contributed by atoms with Crippen LogP contribution in [0.3, 0.4) is 0 Å². The molecule has 0 unspecified atom stereocenters. The smallest absolute Gasteiger partial charge is 0.261 e. The fraction of sp³-hybridized carbons (Fsp3) is 0. The van der Waals surface area contributed by atoms with Gasteiger partial charge in [-0.25, -0.2) is 22.2 Å². The van der Waals surface area contributed by atoms with Gasteiger partial charge in [-0.2, -0.15) is 0 Å². The highest BCUT2D eigenvalue weighted by Gasteiger charge is 2.26. The van der Waals surface area contributed by atoms with Crippen LogP contribution in [-0.4, -0.2) is 24.2 Å². The van der Waals surface area contributed by atoms with Crippen molar-refractivity contribution in [3.05, 3.63) is 102 Å². The molecule has 0 aliphatic rings. The SMILES string of the molecule is O=C(c1c(F)ccc(NS(=O)(=O)c2ccc(-c3ccco3)cc2)c1F)c1c[nH]c2ncccc12. The summed E-state index contributed by atoms with van der Waals surface area (Å²) in [5.41, 5.74) is -0.398. The molecule has 7 nitrogen and oxygen atoms in total. The van der Waals surface area contributed by atoms with Crippen LogP contribution in [0.1, 0.15) is 15.9 Å². The Morgan fingerprint density at radius 3 is 2.53 bits per heavy atom. The molecule has 0 bridgehead atoms. The molecule has 3 aromatic heterocycles. The first-order valence-corrected chi connectivity index (χ1v) is 11.4. The van der Waals surface area contributed by atoms with Gasteiger partial charge in [-0.1, -0.05) is 0 Å². The molecule has 10 heteroatoms. The van der Waals surface area contributed by atoms with Gasteiger partial charge in [0.2, 0.25) is 5.78 Å². The van der Waals surface area contributed by atoms with Crippen molar-refractivity contribution in [2.45, 2.75) is 4.90 Å². The lowest BCUT2D eigenvalue weighted by Gasteiger charge is -2.12. The lowest BCUT2D eigenvalue weighted by Crippen LogP contribution is -2.16. The fourth-order valence-corrected chi connectivity index (χ4v) is 4.62. The molecule has 5 aromatic rings. The number of aromatic nitrogens is 2. The summed E-state index contributed by atoms with van der Waals surface area (Å²) in [6.45, 7) is 0. The van der Waals surface area contributed by atoms with Crippen LogP contribution in [0.5, 0.6) is 0 Å². The molecule has 3 heterocycles. The lowest BCUT2D eigenvalue weighted by molar-refractivity contribution is 0.103. The van der Waals surface area contributed by atoms with Crippen molar-refractivity contribution in [2.75, 3.05) is 4.72 Å². The van der Waals surface area contributed by atoms with E-state index in [1.165, 1.54) is 42.9 Å². The first-order valence-electron chi connectivity index (χ1n) is 9.97. The molecule has 5 rings (SSSR count). The Morgan fingerprint density at radius 1 is 1.00 bits per heavy atom. The van der Waals surface area contributed by atoms with Crippen molar-refractivity contribution in [1.82, 2.24) is 9.97 Å². The highest BCUT2D eigenvalue weighted by Crippen LogP contribution is 2.29. The third-order valence-electron chi connectivity index (χ3n) is 5.23. The number of hydrogen-bond donors (Lipinski definition) is 2. The molecular weight excluding hydrogens is 464 g/mol. The van der Waals surface area contributed by atoms with E-state index < -0.39 is 38.7 Å². The van der Waals surface area contributed by atoms with Gasteiger partial charge in [0.25, 0.3) is 10.0 Å². The van der Waals surface area contributed by atoms with Crippen molar-refractivity contribution in [3.8, 4) is 11.3 Å². The lowest BCUT2D eigenvalue weighted by atomic mass is 10.0. The predicted octanol–water partition coefficient (Wildman–Crippen LogP) is 5.13. The molecule has 0 radical (unpaired) electrons. The molecular formula is C24H15F2N3O4S. The monoisotopic (exact) mass is 479 g/mol. The summed E-state index contributed by atoms with van der Waals surface area (Å²) < 4.78 is 62.8. The normalized spacial score (nSPS) is 11.6. The second kappa shape index (κ2) is 8.23. The molecule has 0 saturated heterocycles. The van der Waals surface area contributed by atoms with Crippen LogP contribution in [0.25, 0.3) is 22.4 Å². The molecule has 0 spiro atoms. The highest BCUT2D eigenvalue weighted by molar-refractivity contribution is 7.92. The summed E-state index contributed by atoms with van der Waals surface area (Å²) in [5, 5.41) is 0.383. The van der Waals surface area contributed by atoms with Crippen LogP contribution in [0.15, 0.2) is 88.6 Å². The van der Waals surface area contributed by atoms with Gasteiger partial charge < -0.3 is 9.40 Å². The molecule has 0 aliphatic heterocycles. The van der Waals surface area contributed by atoms with Gasteiger partial charge in [0.15, 0.2) is 5.82 Å². The first kappa shape index (κ1) is 21.5. The molecule has 2 N–H and O–H groups in total. The van der Waals surface area contributed by atoms with E-state index in [1.54, 1.807) is 24.3 Å². The number of benzene rings is 2. The first-order chi connectivity index (χ1) is 16.3. The molecule has 0 fully saturated rings. The van der Waals surface area contributed by atoms with Gasteiger partial charge in [-0.3, -0.25) is 9.52 Å². The maximum atomic E-state index is 15.2. The van der Waals surface area contributed by atoms with Crippen molar-refractivity contribution in [3.63, 3.8) is 0 Å². The minimum atomic E-state index is -4.24. The number of halogens is 2. The van der Waals surface area contributed by atoms with E-state index in [-0.39, 0.29) is 10.5 Å². The minimum Gasteiger partial charge on any atom is -0.464 e. The second-order valence-corrected chi connectivity index (χ2v) is 9.00. The zero-order valence-corrected chi connectivity index (χ0v) is 18.1. The number of anilines is 1. The fourth-order valence-electron chi connectivity index (χ4n) is 3.56. The Bertz CT molecular complexity index is 1630. The van der Waals surface area contributed by atoms with E-state index in [0.717, 1.165) is 12.1 Å². The molecule has 0 aliphatic carbocycles. The minimum absolute atomic E-state index is 0.00872. The number of hydrogen-bond acceptors (Lipinski definition) is 5. The van der Waals surface area contributed by atoms with Crippen molar-refractivity contribution >= 4 is 32.5 Å². The summed E-state index contributed by atoms with van der Waals surface area (Å²) in [4.78, 5) is 19.7. The zero-order valence-electron chi connectivity index (χ0n) is 17.2. The van der Waals surface area contributed by atoms with Gasteiger partial charge in [-0.05, 0) is 60.7 Å². The number of H-pyrrole nitrogens is 1. The summed E-state index contributed by atoms with van der Waals surface area (Å²) in [6.07, 6.45) is 4.30. The van der Waals surface area contributed by atoms with E-state index in [4.69, 9.17) is 4.42 Å². The topological polar surface area (TPSA) is 105 Å². The van der Waals surface area contributed by atoms with Crippen LogP contribution in [-0.2, 0) is 10.0 Å². The van der Waals surface area contributed by atoms with Gasteiger partial charge in [0.05, 0.1) is 22.4 Å².